The third-order valence-corrected chi connectivity index (χ3v) is 5.62. The number of carbonyl (C=O) groups is 1. The minimum absolute atomic E-state index is 0.0228. The largest absolute Gasteiger partial charge is 0.460 e. The number of non-ortho nitro benzene ring substituents is 1. The molecule has 0 atom stereocenters. The van der Waals surface area contributed by atoms with E-state index >= 15 is 0 Å². The highest BCUT2D eigenvalue weighted by Gasteiger charge is 2.12. The van der Waals surface area contributed by atoms with Gasteiger partial charge in [-0.15, -0.1) is 0 Å². The molecule has 5 rings (SSSR count). The molecule has 4 aromatic carbocycles. The molecule has 0 spiro atoms. The van der Waals surface area contributed by atoms with Crippen LogP contribution in [0.25, 0.3) is 28.2 Å². The van der Waals surface area contributed by atoms with E-state index in [2.05, 4.69) is 0 Å². The van der Waals surface area contributed by atoms with Crippen LogP contribution in [0.15, 0.2) is 119 Å². The normalized spacial score (nSPS) is 10.9. The lowest BCUT2D eigenvalue weighted by molar-refractivity contribution is -0.384. The average molecular weight is 505 g/mol. The smallest absolute Gasteiger partial charge is 0.336 e. The van der Waals surface area contributed by atoms with E-state index in [0.717, 1.165) is 17.2 Å². The molecule has 0 saturated carbocycles. The maximum Gasteiger partial charge on any atom is 0.336 e. The predicted octanol–water partition coefficient (Wildman–Crippen LogP) is 6.78. The van der Waals surface area contributed by atoms with Crippen LogP contribution in [0.1, 0.15) is 5.56 Å². The molecule has 1 heterocycles. The highest BCUT2D eigenvalue weighted by atomic mass is 16.6. The molecule has 5 aromatic rings. The van der Waals surface area contributed by atoms with Crippen molar-refractivity contribution < 1.29 is 23.6 Å². The number of rotatable bonds is 7. The molecule has 8 heteroatoms. The summed E-state index contributed by atoms with van der Waals surface area (Å²) in [4.78, 5) is 35.5. The second-order valence-corrected chi connectivity index (χ2v) is 8.19. The fraction of sp³-hybridized carbons (Fsp3) is 0. The van der Waals surface area contributed by atoms with Crippen molar-refractivity contribution in [3.05, 3.63) is 135 Å². The Kier molecular flexibility index (Phi) is 6.77. The van der Waals surface area contributed by atoms with E-state index in [1.807, 2.05) is 42.5 Å². The van der Waals surface area contributed by atoms with E-state index in [4.69, 9.17) is 13.9 Å². The van der Waals surface area contributed by atoms with Crippen LogP contribution >= 0.6 is 0 Å². The summed E-state index contributed by atoms with van der Waals surface area (Å²) < 4.78 is 16.6. The first-order chi connectivity index (χ1) is 18.5. The number of fused-ring (bicyclic) bond motifs is 1. The third kappa shape index (κ3) is 5.50. The maximum atomic E-state index is 12.9. The minimum atomic E-state index is -0.697. The van der Waals surface area contributed by atoms with Gasteiger partial charge >= 0.3 is 5.97 Å². The van der Waals surface area contributed by atoms with E-state index in [1.54, 1.807) is 18.2 Å². The Morgan fingerprint density at radius 3 is 2.34 bits per heavy atom. The number of nitro groups is 1. The first kappa shape index (κ1) is 24.2. The van der Waals surface area contributed by atoms with E-state index < -0.39 is 10.9 Å². The van der Waals surface area contributed by atoms with Crippen molar-refractivity contribution in [2.24, 2.45) is 0 Å². The Hall–Kier alpha value is -5.50. The lowest BCUT2D eigenvalue weighted by atomic mass is 10.1. The number of carbonyl (C=O) groups excluding carboxylic acids is 1. The van der Waals surface area contributed by atoms with E-state index in [9.17, 15) is 19.7 Å². The number of ether oxygens (including phenoxy) is 2. The Labute approximate surface area is 216 Å². The van der Waals surface area contributed by atoms with Gasteiger partial charge in [-0.1, -0.05) is 54.6 Å². The van der Waals surface area contributed by atoms with Crippen LogP contribution in [0.5, 0.6) is 17.2 Å². The molecule has 8 nitrogen and oxygen atoms in total. The van der Waals surface area contributed by atoms with E-state index in [-0.39, 0.29) is 33.6 Å². The molecule has 0 aliphatic rings. The fourth-order valence-corrected chi connectivity index (χ4v) is 3.75. The summed E-state index contributed by atoms with van der Waals surface area (Å²) in [6.45, 7) is 0. The van der Waals surface area contributed by atoms with Gasteiger partial charge in [0.05, 0.1) is 10.3 Å². The van der Waals surface area contributed by atoms with Gasteiger partial charge in [-0.25, -0.2) is 4.79 Å². The molecule has 0 aliphatic heterocycles. The number of benzene rings is 4. The highest BCUT2D eigenvalue weighted by Crippen LogP contribution is 2.27. The molecule has 0 saturated heterocycles. The Bertz CT molecular complexity index is 1720. The van der Waals surface area contributed by atoms with Crippen LogP contribution in [0.4, 0.5) is 5.69 Å². The third-order valence-electron chi connectivity index (χ3n) is 5.62. The summed E-state index contributed by atoms with van der Waals surface area (Å²) >= 11 is 0. The number of hydrogen-bond donors (Lipinski definition) is 0. The number of hydrogen-bond acceptors (Lipinski definition) is 7. The quantitative estimate of drug-likeness (QED) is 0.0788. The molecular weight excluding hydrogens is 486 g/mol. The van der Waals surface area contributed by atoms with Gasteiger partial charge in [0.1, 0.15) is 23.3 Å². The monoisotopic (exact) mass is 505 g/mol. The molecule has 0 aliphatic carbocycles. The lowest BCUT2D eigenvalue weighted by Gasteiger charge is -2.08. The van der Waals surface area contributed by atoms with Crippen molar-refractivity contribution in [2.75, 3.05) is 0 Å². The first-order valence-corrected chi connectivity index (χ1v) is 11.5. The summed E-state index contributed by atoms with van der Waals surface area (Å²) in [7, 11) is 0. The SMILES string of the molecule is O=C(C=Cc1cccc([N+](=O)[O-])c1)Oc1ccc2c(=O)c(Oc3ccc(-c4ccccc4)cc3)coc2c1. The number of esters is 1. The van der Waals surface area contributed by atoms with E-state index in [0.29, 0.717) is 11.3 Å². The standard InChI is InChI=1S/C30H19NO7/c32-29(16-9-20-5-4-8-23(17-20)31(34)35)38-25-14-15-26-27(18-25)36-19-28(30(26)33)37-24-12-10-22(11-13-24)21-6-2-1-3-7-21/h1-19H. The Balaban J connectivity index is 1.28. The van der Waals surface area contributed by atoms with Gasteiger partial charge in [-0.05, 0) is 47.0 Å². The van der Waals surface area contributed by atoms with Crippen molar-refractivity contribution in [1.29, 1.82) is 0 Å². The Morgan fingerprint density at radius 1 is 0.842 bits per heavy atom. The van der Waals surface area contributed by atoms with Crippen LogP contribution in [0, 0.1) is 10.1 Å². The van der Waals surface area contributed by atoms with Gasteiger partial charge in [0.2, 0.25) is 11.2 Å². The fourth-order valence-electron chi connectivity index (χ4n) is 3.75. The Morgan fingerprint density at radius 2 is 1.58 bits per heavy atom. The molecule has 0 radical (unpaired) electrons. The molecule has 1 aromatic heterocycles. The van der Waals surface area contributed by atoms with Crippen molar-refractivity contribution >= 4 is 28.7 Å². The van der Waals surface area contributed by atoms with Gasteiger partial charge < -0.3 is 13.9 Å². The van der Waals surface area contributed by atoms with Crippen LogP contribution in [-0.4, -0.2) is 10.9 Å². The van der Waals surface area contributed by atoms with Gasteiger partial charge in [-0.2, -0.15) is 0 Å². The number of nitro benzene ring substituents is 1. The predicted molar refractivity (Wildman–Crippen MR) is 142 cm³/mol. The van der Waals surface area contributed by atoms with Gasteiger partial charge in [-0.3, -0.25) is 14.9 Å². The van der Waals surface area contributed by atoms with E-state index in [1.165, 1.54) is 48.7 Å². The van der Waals surface area contributed by atoms with Crippen LogP contribution < -0.4 is 14.9 Å². The molecule has 186 valence electrons. The highest BCUT2D eigenvalue weighted by molar-refractivity contribution is 5.89. The molecule has 0 bridgehead atoms. The van der Waals surface area contributed by atoms with Crippen molar-refractivity contribution in [3.63, 3.8) is 0 Å². The van der Waals surface area contributed by atoms with Crippen molar-refractivity contribution in [1.82, 2.24) is 0 Å². The van der Waals surface area contributed by atoms with Crippen LogP contribution in [-0.2, 0) is 4.79 Å². The van der Waals surface area contributed by atoms with Crippen LogP contribution in [0.2, 0.25) is 0 Å². The molecule has 0 fully saturated rings. The minimum Gasteiger partial charge on any atom is -0.460 e. The molecule has 0 N–H and O–H groups in total. The summed E-state index contributed by atoms with van der Waals surface area (Å²) in [5, 5.41) is 11.1. The van der Waals surface area contributed by atoms with Crippen molar-refractivity contribution in [2.45, 2.75) is 0 Å². The maximum absolute atomic E-state index is 12.9. The second-order valence-electron chi connectivity index (χ2n) is 8.19. The zero-order chi connectivity index (χ0) is 26.5. The molecule has 38 heavy (non-hydrogen) atoms. The first-order valence-electron chi connectivity index (χ1n) is 11.5. The zero-order valence-electron chi connectivity index (χ0n) is 19.8. The lowest BCUT2D eigenvalue weighted by Crippen LogP contribution is -2.06. The van der Waals surface area contributed by atoms with Gasteiger partial charge in [0.25, 0.3) is 5.69 Å². The van der Waals surface area contributed by atoms with Gasteiger partial charge in [0, 0.05) is 24.3 Å². The summed E-state index contributed by atoms with van der Waals surface area (Å²) in [6, 6.07) is 27.5. The molecular formula is C30H19NO7. The van der Waals surface area contributed by atoms with Crippen molar-refractivity contribution in [3.8, 4) is 28.4 Å². The molecule has 0 unspecified atom stereocenters. The average Bonchev–Trinajstić information content (AvgIpc) is 2.94. The summed E-state index contributed by atoms with van der Waals surface area (Å²) in [5.74, 6) is -0.0244. The zero-order valence-corrected chi connectivity index (χ0v) is 19.8. The van der Waals surface area contributed by atoms with Gasteiger partial charge in [0.15, 0.2) is 0 Å². The number of nitrogens with zero attached hydrogens (tertiary/aromatic N) is 1. The summed E-state index contributed by atoms with van der Waals surface area (Å²) in [6.07, 6.45) is 3.77. The topological polar surface area (TPSA) is 109 Å². The second kappa shape index (κ2) is 10.6. The van der Waals surface area contributed by atoms with Crippen LogP contribution in [0.3, 0.4) is 0 Å². The molecule has 0 amide bonds. The summed E-state index contributed by atoms with van der Waals surface area (Å²) in [5.41, 5.74) is 2.32.